The lowest BCUT2D eigenvalue weighted by molar-refractivity contribution is -0.140. The fraction of sp³-hybridized carbons (Fsp3) is 0.607. The number of halogens is 3. The van der Waals surface area contributed by atoms with Crippen molar-refractivity contribution in [2.45, 2.75) is 290 Å². The van der Waals surface area contributed by atoms with Crippen LogP contribution in [0.25, 0.3) is 32.7 Å². The van der Waals surface area contributed by atoms with Gasteiger partial charge < -0.3 is 70.6 Å². The summed E-state index contributed by atoms with van der Waals surface area (Å²) in [6.07, 6.45) is 23.4. The number of amides is 10. The first kappa shape index (κ1) is 92.7. The van der Waals surface area contributed by atoms with Gasteiger partial charge in [-0.05, 0) is 219 Å². The van der Waals surface area contributed by atoms with Crippen LogP contribution in [0.2, 0.25) is 0 Å². The molecule has 650 valence electrons. The number of nitrogens with one attached hydrogen (secondary N) is 4. The summed E-state index contributed by atoms with van der Waals surface area (Å²) >= 11 is 0. The number of aromatic nitrogens is 3. The molecule has 30 heteroatoms. The molecule has 3 aliphatic carbocycles. The van der Waals surface area contributed by atoms with Crippen LogP contribution in [-0.2, 0) is 57.9 Å². The Balaban J connectivity index is 0.000000203. The molecule has 3 aromatic heterocycles. The third-order valence-corrected chi connectivity index (χ3v) is 24.5. The lowest BCUT2D eigenvalue weighted by atomic mass is 9.83. The van der Waals surface area contributed by atoms with Gasteiger partial charge >= 0.3 is 12.2 Å². The van der Waals surface area contributed by atoms with Gasteiger partial charge in [-0.3, -0.25) is 48.2 Å². The molecule has 3 saturated carbocycles. The number of ether oxygens (including phenoxy) is 2. The minimum absolute atomic E-state index is 0. The van der Waals surface area contributed by atoms with Gasteiger partial charge in [-0.1, -0.05) is 65.2 Å². The van der Waals surface area contributed by atoms with Crippen molar-refractivity contribution < 1.29 is 70.6 Å². The number of carbonyl (C=O) groups is 10. The molecule has 27 nitrogen and oxygen atoms in total. The predicted octanol–water partition coefficient (Wildman–Crippen LogP) is 12.3. The predicted molar refractivity (Wildman–Crippen MR) is 449 cm³/mol. The van der Waals surface area contributed by atoms with E-state index in [1.807, 2.05) is 28.4 Å². The van der Waals surface area contributed by atoms with Crippen molar-refractivity contribution in [2.75, 3.05) is 40.8 Å². The van der Waals surface area contributed by atoms with Crippen LogP contribution in [0.3, 0.4) is 0 Å². The second-order valence-corrected chi connectivity index (χ2v) is 35.1. The van der Waals surface area contributed by atoms with Crippen LogP contribution in [0.4, 0.5) is 22.8 Å². The van der Waals surface area contributed by atoms with Crippen LogP contribution < -0.4 is 32.7 Å². The van der Waals surface area contributed by atoms with Crippen LogP contribution >= 0.6 is 0 Å². The summed E-state index contributed by atoms with van der Waals surface area (Å²) in [6, 6.07) is 10.7. The molecule has 0 unspecified atom stereocenters. The van der Waals surface area contributed by atoms with Gasteiger partial charge in [-0.15, -0.1) is 0 Å². The van der Waals surface area contributed by atoms with Crippen molar-refractivity contribution in [3.8, 4) is 6.07 Å². The van der Waals surface area contributed by atoms with Crippen molar-refractivity contribution in [1.82, 2.24) is 59.5 Å². The van der Waals surface area contributed by atoms with E-state index < -0.39 is 94.7 Å². The molecule has 6 fully saturated rings. The Kier molecular flexibility index (Phi) is 31.7. The summed E-state index contributed by atoms with van der Waals surface area (Å²) in [5.74, 6) is -3.67. The fourth-order valence-electron chi connectivity index (χ4n) is 17.7. The Morgan fingerprint density at radius 3 is 1.08 bits per heavy atom. The minimum Gasteiger partial charge on any atom is -0.444 e. The van der Waals surface area contributed by atoms with Gasteiger partial charge in [-0.25, -0.2) is 22.8 Å². The maximum absolute atomic E-state index is 14.2. The third-order valence-electron chi connectivity index (χ3n) is 24.5. The highest BCUT2D eigenvalue weighted by molar-refractivity contribution is 6.07. The lowest BCUT2D eigenvalue weighted by Gasteiger charge is -2.36. The highest BCUT2D eigenvalue weighted by atomic mass is 19.1. The summed E-state index contributed by atoms with van der Waals surface area (Å²) in [6.45, 7) is 18.7. The SMILES string of the molecule is C.CN[C@@H](C)C(=O)N[C@H](C(=O)N1CCC[C@H]1Cn1cc(C(N)=O)c2cc(F)ccc21)C1CCCCC1.C[C@@H](C(=O)N[C@H](C(=O)N1CCC[C@H]1Cn1cc(C#N)c2cc(F)ccc21)C1CCCCC1)N(C)C(=O)OC(C)(C)C.C[C@@H](C(=O)N[C@H](C(=O)N1CCC[C@H]1Cn1cc(C(N)=O)c2cc(F)ccc21)C1CCCCC1)N(C)C(=O)OC(C)(C)C. The largest absolute Gasteiger partial charge is 0.444 e. The van der Waals surface area contributed by atoms with Gasteiger partial charge in [-0.2, -0.15) is 5.26 Å². The molecule has 0 spiro atoms. The van der Waals surface area contributed by atoms with E-state index >= 15 is 0 Å². The normalized spacial score (nSPS) is 19.6. The number of nitrogens with zero attached hydrogens (tertiary/aromatic N) is 9. The molecule has 3 aromatic carbocycles. The van der Waals surface area contributed by atoms with Gasteiger partial charge in [0.2, 0.25) is 35.4 Å². The van der Waals surface area contributed by atoms with Gasteiger partial charge in [0, 0.05) is 123 Å². The van der Waals surface area contributed by atoms with Crippen molar-refractivity contribution in [3.63, 3.8) is 0 Å². The van der Waals surface area contributed by atoms with E-state index in [1.165, 1.54) is 60.3 Å². The molecule has 6 aromatic rings. The molecule has 12 rings (SSSR count). The minimum atomic E-state index is -0.841. The van der Waals surface area contributed by atoms with Gasteiger partial charge in [0.05, 0.1) is 22.7 Å². The molecule has 6 heterocycles. The molecule has 9 atom stereocenters. The number of likely N-dealkylation sites (tertiary alicyclic amines) is 3. The first-order valence-corrected chi connectivity index (χ1v) is 42.2. The molecule has 0 bridgehead atoms. The van der Waals surface area contributed by atoms with Crippen LogP contribution in [-0.4, -0.2) is 204 Å². The molecule has 8 N–H and O–H groups in total. The molecule has 119 heavy (non-hydrogen) atoms. The van der Waals surface area contributed by atoms with Crippen LogP contribution in [0, 0.1) is 46.5 Å². The van der Waals surface area contributed by atoms with E-state index in [0.717, 1.165) is 140 Å². The van der Waals surface area contributed by atoms with Crippen molar-refractivity contribution in [3.05, 3.63) is 107 Å². The number of hydrogen-bond acceptors (Lipinski definition) is 14. The fourth-order valence-corrected chi connectivity index (χ4v) is 17.7. The van der Waals surface area contributed by atoms with Crippen molar-refractivity contribution in [2.24, 2.45) is 29.2 Å². The quantitative estimate of drug-likeness (QED) is 0.0347. The number of primary amides is 2. The second kappa shape index (κ2) is 40.7. The van der Waals surface area contributed by atoms with Gasteiger partial charge in [0.25, 0.3) is 11.8 Å². The zero-order valence-corrected chi connectivity index (χ0v) is 70.7. The number of nitrogens with two attached hydrogens (primary N) is 2. The second-order valence-electron chi connectivity index (χ2n) is 35.1. The molecular weight excluding hydrogens is 1530 g/mol. The average molecular weight is 1660 g/mol. The first-order valence-electron chi connectivity index (χ1n) is 42.2. The molecular formula is C89H126F3N15O12. The molecule has 3 aliphatic heterocycles. The Morgan fingerprint density at radius 1 is 0.471 bits per heavy atom. The number of hydrogen-bond donors (Lipinski definition) is 6. The average Bonchev–Trinajstić information content (AvgIpc) is 1.64. The number of fused-ring (bicyclic) bond motifs is 3. The van der Waals surface area contributed by atoms with E-state index in [-0.39, 0.29) is 84.1 Å². The van der Waals surface area contributed by atoms with Crippen molar-refractivity contribution >= 4 is 92.2 Å². The lowest BCUT2D eigenvalue weighted by Crippen LogP contribution is -2.57. The van der Waals surface area contributed by atoms with Crippen LogP contribution in [0.1, 0.15) is 231 Å². The maximum Gasteiger partial charge on any atom is 0.410 e. The summed E-state index contributed by atoms with van der Waals surface area (Å²) in [7, 11) is 4.76. The Morgan fingerprint density at radius 2 is 0.773 bits per heavy atom. The summed E-state index contributed by atoms with van der Waals surface area (Å²) in [4.78, 5) is 139. The van der Waals surface area contributed by atoms with E-state index in [0.29, 0.717) is 72.0 Å². The zero-order chi connectivity index (χ0) is 85.8. The van der Waals surface area contributed by atoms with Crippen LogP contribution in [0.15, 0.2) is 73.2 Å². The van der Waals surface area contributed by atoms with E-state index in [1.54, 1.807) is 106 Å². The highest BCUT2D eigenvalue weighted by Gasteiger charge is 2.44. The summed E-state index contributed by atoms with van der Waals surface area (Å²) in [5.41, 5.74) is 12.7. The Hall–Kier alpha value is -10.2. The molecule has 0 radical (unpaired) electrons. The van der Waals surface area contributed by atoms with Gasteiger partial charge in [0.15, 0.2) is 0 Å². The molecule has 10 amide bonds. The highest BCUT2D eigenvalue weighted by Crippen LogP contribution is 2.36. The maximum atomic E-state index is 14.2. The van der Waals surface area contributed by atoms with E-state index in [9.17, 15) is 66.4 Å². The Labute approximate surface area is 697 Å². The number of rotatable bonds is 23. The smallest absolute Gasteiger partial charge is 0.410 e. The number of nitriles is 1. The van der Waals surface area contributed by atoms with E-state index in [2.05, 4.69) is 27.3 Å². The van der Waals surface area contributed by atoms with Crippen molar-refractivity contribution in [1.29, 1.82) is 5.26 Å². The number of benzene rings is 3. The summed E-state index contributed by atoms with van der Waals surface area (Å²) < 4.78 is 58.3. The molecule has 3 saturated heterocycles. The van der Waals surface area contributed by atoms with Crippen LogP contribution in [0.5, 0.6) is 0 Å². The third kappa shape index (κ3) is 23.1. The summed E-state index contributed by atoms with van der Waals surface area (Å²) in [5, 5.41) is 23.1. The van der Waals surface area contributed by atoms with E-state index in [4.69, 9.17) is 20.9 Å². The Bertz CT molecular complexity index is 4650. The standard InChI is InChI=1S/C31H44FN5O5.C31H42FN5O4.C26H36FN5O3.CH4/c1-19(35(5)30(41)42-31(2,3)4)28(39)34-26(20-10-7-6-8-11-20)29(40)37-15-9-12-22(37)17-36-18-24(27(33)38)23-16-21(32)13-14-25(23)36;1-20(35(5)30(40)41-31(2,3)4)28(38)34-27(21-10-7-6-8-11-21)29(39)37-15-9-12-24(37)19-36-18-22(17-33)25-16-23(32)13-14-26(25)36;1-16(29-2)25(34)30-23(17-7-4-3-5-8-17)26(35)32-12-6-9-19(32)14-31-15-21(24(28)33)20-13-18(27)10-11-22(20)31;/h13-14,16,18-20,22,26H,6-12,15,17H2,1-5H3,(H2,33,38)(H,34,39);13-14,16,18,20-21,24,27H,6-12,15,19H2,1-5H3,(H,34,38);10-11,13,15-17,19,23,29H,3-9,12,14H2,1-2H3,(H2,28,33)(H,30,34);1H4/t19-,22-,26-;20-,24-,27-;16-,19-,23-;/m000./s1. The topological polar surface area (TPSA) is 344 Å². The first-order chi connectivity index (χ1) is 55.9. The van der Waals surface area contributed by atoms with Gasteiger partial charge in [0.1, 0.15) is 64.9 Å². The molecule has 6 aliphatic rings. The number of carbonyl (C=O) groups excluding carboxylic acids is 10. The number of likely N-dealkylation sites (N-methyl/N-ethyl adjacent to an activating group) is 3. The zero-order valence-electron chi connectivity index (χ0n) is 70.7. The monoisotopic (exact) mass is 1650 g/mol.